The second-order valence-corrected chi connectivity index (χ2v) is 5.31. The Hall–Kier alpha value is -3.25. The summed E-state index contributed by atoms with van der Waals surface area (Å²) in [5.41, 5.74) is 2.38. The minimum Gasteiger partial charge on any atom is -0.493 e. The molecule has 3 nitrogen and oxygen atoms in total. The third kappa shape index (κ3) is 2.95. The van der Waals surface area contributed by atoms with Crippen LogP contribution in [0.15, 0.2) is 60.7 Å². The molecule has 0 radical (unpaired) electrons. The van der Waals surface area contributed by atoms with Crippen molar-refractivity contribution in [3.05, 3.63) is 71.8 Å². The molecule has 0 aliphatic carbocycles. The Balaban J connectivity index is 2.12. The van der Waals surface area contributed by atoms with E-state index in [1.54, 1.807) is 14.2 Å². The van der Waals surface area contributed by atoms with Crippen LogP contribution in [-0.4, -0.2) is 14.2 Å². The summed E-state index contributed by atoms with van der Waals surface area (Å²) in [7, 11) is 3.18. The van der Waals surface area contributed by atoms with E-state index < -0.39 is 0 Å². The third-order valence-electron chi connectivity index (χ3n) is 3.94. The average Bonchev–Trinajstić information content (AvgIpc) is 2.65. The quantitative estimate of drug-likeness (QED) is 0.507. The van der Waals surface area contributed by atoms with Crippen molar-refractivity contribution in [3.63, 3.8) is 0 Å². The van der Waals surface area contributed by atoms with E-state index in [9.17, 15) is 5.26 Å². The molecule has 0 saturated carbocycles. The molecule has 0 atom stereocenters. The summed E-state index contributed by atoms with van der Waals surface area (Å²) in [6, 6.07) is 22.0. The molecule has 3 aromatic carbocycles. The number of hydrogen-bond donors (Lipinski definition) is 0. The zero-order chi connectivity index (χ0) is 16.9. The number of benzene rings is 3. The van der Waals surface area contributed by atoms with E-state index in [0.29, 0.717) is 17.1 Å². The molecular formula is C21H17NO2. The van der Waals surface area contributed by atoms with E-state index in [1.165, 1.54) is 0 Å². The number of rotatable bonds is 4. The number of hydrogen-bond acceptors (Lipinski definition) is 3. The van der Waals surface area contributed by atoms with Crippen molar-refractivity contribution in [1.29, 1.82) is 5.26 Å². The van der Waals surface area contributed by atoms with E-state index in [-0.39, 0.29) is 0 Å². The van der Waals surface area contributed by atoms with Crippen LogP contribution < -0.4 is 9.47 Å². The van der Waals surface area contributed by atoms with E-state index in [2.05, 4.69) is 24.3 Å². The molecule has 0 unspecified atom stereocenters. The molecule has 3 heteroatoms. The van der Waals surface area contributed by atoms with Crippen LogP contribution in [0.2, 0.25) is 0 Å². The minimum atomic E-state index is 0.576. The topological polar surface area (TPSA) is 42.2 Å². The van der Waals surface area contributed by atoms with E-state index in [4.69, 9.17) is 9.47 Å². The lowest BCUT2D eigenvalue weighted by Gasteiger charge is -2.09. The van der Waals surface area contributed by atoms with Crippen molar-refractivity contribution >= 4 is 22.4 Å². The molecule has 0 N–H and O–H groups in total. The summed E-state index contributed by atoms with van der Waals surface area (Å²) in [5, 5.41) is 11.9. The molecule has 0 aliphatic rings. The first-order valence-corrected chi connectivity index (χ1v) is 7.59. The monoisotopic (exact) mass is 315 g/mol. The van der Waals surface area contributed by atoms with Crippen molar-refractivity contribution in [1.82, 2.24) is 0 Å². The fourth-order valence-electron chi connectivity index (χ4n) is 2.72. The summed E-state index contributed by atoms with van der Waals surface area (Å²) in [5.74, 6) is 1.25. The lowest BCUT2D eigenvalue weighted by Crippen LogP contribution is -1.92. The molecule has 24 heavy (non-hydrogen) atoms. The van der Waals surface area contributed by atoms with Crippen LogP contribution in [0.25, 0.3) is 22.4 Å². The molecule has 0 bridgehead atoms. The zero-order valence-electron chi connectivity index (χ0n) is 13.6. The van der Waals surface area contributed by atoms with Crippen LogP contribution in [-0.2, 0) is 0 Å². The summed E-state index contributed by atoms with van der Waals surface area (Å²) in [4.78, 5) is 0. The first-order valence-electron chi connectivity index (χ1n) is 7.59. The number of fused-ring (bicyclic) bond motifs is 1. The Kier molecular flexibility index (Phi) is 4.49. The molecule has 0 saturated heterocycles. The number of ether oxygens (including phenoxy) is 2. The van der Waals surface area contributed by atoms with E-state index in [0.717, 1.165) is 21.9 Å². The van der Waals surface area contributed by atoms with Crippen molar-refractivity contribution in [2.75, 3.05) is 14.2 Å². The minimum absolute atomic E-state index is 0.576. The second kappa shape index (κ2) is 6.89. The number of nitrogens with zero attached hydrogens (tertiary/aromatic N) is 1. The summed E-state index contributed by atoms with van der Waals surface area (Å²) in [6.45, 7) is 0. The van der Waals surface area contributed by atoms with Crippen molar-refractivity contribution in [2.45, 2.75) is 0 Å². The molecule has 0 aromatic heterocycles. The third-order valence-corrected chi connectivity index (χ3v) is 3.94. The van der Waals surface area contributed by atoms with Gasteiger partial charge in [-0.25, -0.2) is 0 Å². The highest BCUT2D eigenvalue weighted by Crippen LogP contribution is 2.31. The number of allylic oxidation sites excluding steroid dienone is 1. The average molecular weight is 315 g/mol. The fraction of sp³-hybridized carbons (Fsp3) is 0.0952. The van der Waals surface area contributed by atoms with Gasteiger partial charge >= 0.3 is 0 Å². The van der Waals surface area contributed by atoms with Gasteiger partial charge in [-0.1, -0.05) is 42.5 Å². The molecule has 118 valence electrons. The number of methoxy groups -OCH3 is 2. The molecular weight excluding hydrogens is 298 g/mol. The zero-order valence-corrected chi connectivity index (χ0v) is 13.6. The van der Waals surface area contributed by atoms with Gasteiger partial charge in [-0.2, -0.15) is 5.26 Å². The standard InChI is InChI=1S/C21H17NO2/c1-23-20-11-10-16(13-21(20)24-2)18(14-22)12-17-8-5-7-15-6-3-4-9-19(15)17/h3-13H,1-2H3. The Morgan fingerprint density at radius 3 is 2.42 bits per heavy atom. The molecule has 3 aromatic rings. The van der Waals surface area contributed by atoms with E-state index >= 15 is 0 Å². The Bertz CT molecular complexity index is 946. The van der Waals surface area contributed by atoms with Crippen molar-refractivity contribution in [2.24, 2.45) is 0 Å². The van der Waals surface area contributed by atoms with Gasteiger partial charge in [0.25, 0.3) is 0 Å². The van der Waals surface area contributed by atoms with Crippen LogP contribution in [0.5, 0.6) is 11.5 Å². The lowest BCUT2D eigenvalue weighted by molar-refractivity contribution is 0.355. The smallest absolute Gasteiger partial charge is 0.161 e. The molecule has 0 fully saturated rings. The van der Waals surface area contributed by atoms with Crippen molar-refractivity contribution < 1.29 is 9.47 Å². The Morgan fingerprint density at radius 1 is 0.917 bits per heavy atom. The summed E-state index contributed by atoms with van der Waals surface area (Å²) < 4.78 is 10.6. The highest BCUT2D eigenvalue weighted by Gasteiger charge is 2.09. The van der Waals surface area contributed by atoms with Crippen LogP contribution in [0.4, 0.5) is 0 Å². The van der Waals surface area contributed by atoms with Crippen LogP contribution in [0.3, 0.4) is 0 Å². The maximum Gasteiger partial charge on any atom is 0.161 e. The Labute approximate surface area is 141 Å². The molecule has 3 rings (SSSR count). The van der Waals surface area contributed by atoms with Crippen LogP contribution >= 0.6 is 0 Å². The molecule has 0 amide bonds. The highest BCUT2D eigenvalue weighted by atomic mass is 16.5. The van der Waals surface area contributed by atoms with Gasteiger partial charge in [-0.3, -0.25) is 0 Å². The van der Waals surface area contributed by atoms with E-state index in [1.807, 2.05) is 48.5 Å². The van der Waals surface area contributed by atoms with Gasteiger partial charge in [0.15, 0.2) is 11.5 Å². The SMILES string of the molecule is COc1ccc(C(C#N)=Cc2cccc3ccccc23)cc1OC. The fourth-order valence-corrected chi connectivity index (χ4v) is 2.72. The van der Waals surface area contributed by atoms with Gasteiger partial charge in [0.05, 0.1) is 25.9 Å². The van der Waals surface area contributed by atoms with Gasteiger partial charge < -0.3 is 9.47 Å². The van der Waals surface area contributed by atoms with Gasteiger partial charge in [0.2, 0.25) is 0 Å². The van der Waals surface area contributed by atoms with Gasteiger partial charge in [0.1, 0.15) is 0 Å². The normalized spacial score (nSPS) is 11.1. The molecule has 0 spiro atoms. The first kappa shape index (κ1) is 15.6. The van der Waals surface area contributed by atoms with Crippen LogP contribution in [0.1, 0.15) is 11.1 Å². The Morgan fingerprint density at radius 2 is 1.67 bits per heavy atom. The molecule has 0 aliphatic heterocycles. The van der Waals surface area contributed by atoms with Gasteiger partial charge in [0, 0.05) is 0 Å². The first-order chi connectivity index (χ1) is 11.8. The lowest BCUT2D eigenvalue weighted by atomic mass is 9.99. The van der Waals surface area contributed by atoms with Crippen LogP contribution in [0, 0.1) is 11.3 Å². The maximum absolute atomic E-state index is 9.61. The highest BCUT2D eigenvalue weighted by molar-refractivity contribution is 5.98. The summed E-state index contributed by atoms with van der Waals surface area (Å²) >= 11 is 0. The van der Waals surface area contributed by atoms with Crippen molar-refractivity contribution in [3.8, 4) is 17.6 Å². The van der Waals surface area contributed by atoms with Gasteiger partial charge in [-0.15, -0.1) is 0 Å². The molecule has 0 heterocycles. The predicted octanol–water partition coefficient (Wildman–Crippen LogP) is 4.92. The predicted molar refractivity (Wildman–Crippen MR) is 97.0 cm³/mol. The largest absolute Gasteiger partial charge is 0.493 e. The van der Waals surface area contributed by atoms with Gasteiger partial charge in [-0.05, 0) is 46.2 Å². The second-order valence-electron chi connectivity index (χ2n) is 5.31. The summed E-state index contributed by atoms with van der Waals surface area (Å²) in [6.07, 6.45) is 1.91. The maximum atomic E-state index is 9.61. The number of nitriles is 1.